The van der Waals surface area contributed by atoms with Crippen molar-refractivity contribution in [3.8, 4) is 11.5 Å². The van der Waals surface area contributed by atoms with Crippen LogP contribution < -0.4 is 10.1 Å². The normalized spacial score (nSPS) is 12.8. The Hall–Kier alpha value is -3.11. The molecule has 4 heteroatoms. The number of methoxy groups -OCH3 is 1. The molecule has 144 valence electrons. The van der Waals surface area contributed by atoms with Gasteiger partial charge in [-0.25, -0.2) is 0 Å². The molecule has 0 saturated heterocycles. The molecule has 3 aromatic rings. The van der Waals surface area contributed by atoms with Crippen molar-refractivity contribution in [2.45, 2.75) is 18.9 Å². The van der Waals surface area contributed by atoms with Gasteiger partial charge in [0.2, 0.25) is 0 Å². The van der Waals surface area contributed by atoms with Crippen LogP contribution >= 0.6 is 0 Å². The van der Waals surface area contributed by atoms with Gasteiger partial charge in [0.15, 0.2) is 0 Å². The van der Waals surface area contributed by atoms with Gasteiger partial charge in [-0.2, -0.15) is 0 Å². The molecule has 0 aliphatic rings. The largest absolute Gasteiger partial charge is 0.457 e. The van der Waals surface area contributed by atoms with E-state index in [1.807, 2.05) is 72.8 Å². The highest BCUT2D eigenvalue weighted by atomic mass is 16.5. The summed E-state index contributed by atoms with van der Waals surface area (Å²) in [5.74, 6) is 1.01. The highest BCUT2D eigenvalue weighted by Crippen LogP contribution is 2.29. The second-order valence-corrected chi connectivity index (χ2v) is 6.51. The minimum atomic E-state index is -0.577. The van der Waals surface area contributed by atoms with Gasteiger partial charge >= 0.3 is 0 Å². The van der Waals surface area contributed by atoms with Crippen LogP contribution in [0.15, 0.2) is 84.9 Å². The highest BCUT2D eigenvalue weighted by Gasteiger charge is 2.31. The molecule has 1 atom stereocenters. The van der Waals surface area contributed by atoms with Gasteiger partial charge in [0.1, 0.15) is 17.1 Å². The second kappa shape index (κ2) is 9.20. The number of benzene rings is 3. The van der Waals surface area contributed by atoms with Crippen molar-refractivity contribution < 1.29 is 14.3 Å². The van der Waals surface area contributed by atoms with Gasteiger partial charge in [-0.05, 0) is 36.2 Å². The first kappa shape index (κ1) is 19.6. The summed E-state index contributed by atoms with van der Waals surface area (Å²) in [4.78, 5) is 12.9. The van der Waals surface area contributed by atoms with Gasteiger partial charge in [0.25, 0.3) is 5.91 Å². The molecular weight excluding hydrogens is 350 g/mol. The Morgan fingerprint density at radius 1 is 0.893 bits per heavy atom. The van der Waals surface area contributed by atoms with E-state index in [-0.39, 0.29) is 5.91 Å². The molecule has 0 aromatic heterocycles. The highest BCUT2D eigenvalue weighted by molar-refractivity contribution is 5.97. The molecule has 4 nitrogen and oxygen atoms in total. The Morgan fingerprint density at radius 3 is 2.14 bits per heavy atom. The average molecular weight is 375 g/mol. The van der Waals surface area contributed by atoms with Gasteiger partial charge in [0, 0.05) is 7.11 Å². The van der Waals surface area contributed by atoms with Crippen LogP contribution in [-0.4, -0.2) is 19.6 Å². The molecule has 1 amide bonds. The quantitative estimate of drug-likeness (QED) is 0.591. The minimum Gasteiger partial charge on any atom is -0.457 e. The number of para-hydroxylation sites is 2. The summed E-state index contributed by atoms with van der Waals surface area (Å²) in [5.41, 5.74) is 0.946. The van der Waals surface area contributed by atoms with E-state index in [2.05, 4.69) is 12.2 Å². The zero-order chi connectivity index (χ0) is 19.8. The number of amides is 1. The molecule has 0 heterocycles. The molecule has 1 N–H and O–H groups in total. The number of hydrogen-bond donors (Lipinski definition) is 1. The third-order valence-electron chi connectivity index (χ3n) is 4.90. The molecule has 3 aromatic carbocycles. The van der Waals surface area contributed by atoms with E-state index in [0.717, 1.165) is 12.0 Å². The zero-order valence-electron chi connectivity index (χ0n) is 16.2. The van der Waals surface area contributed by atoms with Gasteiger partial charge in [-0.1, -0.05) is 67.6 Å². The minimum absolute atomic E-state index is 0.197. The van der Waals surface area contributed by atoms with Crippen molar-refractivity contribution in [3.63, 3.8) is 0 Å². The third-order valence-corrected chi connectivity index (χ3v) is 4.90. The van der Waals surface area contributed by atoms with Crippen LogP contribution in [0.25, 0.3) is 0 Å². The van der Waals surface area contributed by atoms with Crippen LogP contribution in [0, 0.1) is 0 Å². The van der Waals surface area contributed by atoms with Crippen LogP contribution in [0.2, 0.25) is 0 Å². The second-order valence-electron chi connectivity index (χ2n) is 6.51. The molecule has 0 fully saturated rings. The maximum atomic E-state index is 12.9. The van der Waals surface area contributed by atoms with Crippen molar-refractivity contribution in [2.75, 3.05) is 13.7 Å². The fraction of sp³-hybridized carbons (Fsp3) is 0.208. The molecule has 0 bridgehead atoms. The number of carbonyl (C=O) groups is 1. The Labute approximate surface area is 166 Å². The third kappa shape index (κ3) is 4.41. The fourth-order valence-electron chi connectivity index (χ4n) is 3.18. The number of hydrogen-bond acceptors (Lipinski definition) is 3. The Balaban J connectivity index is 1.78. The smallest absolute Gasteiger partial charge is 0.255 e. The van der Waals surface area contributed by atoms with Crippen LogP contribution in [0.5, 0.6) is 11.5 Å². The van der Waals surface area contributed by atoms with Crippen LogP contribution in [0.1, 0.15) is 29.3 Å². The van der Waals surface area contributed by atoms with Crippen LogP contribution in [-0.2, 0) is 10.3 Å². The maximum absolute atomic E-state index is 12.9. The van der Waals surface area contributed by atoms with Crippen molar-refractivity contribution in [1.82, 2.24) is 5.32 Å². The molecule has 0 spiro atoms. The van der Waals surface area contributed by atoms with Gasteiger partial charge in [-0.15, -0.1) is 0 Å². The van der Waals surface area contributed by atoms with Gasteiger partial charge < -0.3 is 14.8 Å². The van der Waals surface area contributed by atoms with Crippen LogP contribution in [0.3, 0.4) is 0 Å². The summed E-state index contributed by atoms with van der Waals surface area (Å²) in [6, 6.07) is 26.6. The van der Waals surface area contributed by atoms with Crippen molar-refractivity contribution >= 4 is 5.91 Å². The predicted molar refractivity (Wildman–Crippen MR) is 111 cm³/mol. The number of carbonyl (C=O) groups excluding carboxylic acids is 1. The van der Waals surface area contributed by atoms with Crippen molar-refractivity contribution in [3.05, 3.63) is 96.1 Å². The number of rotatable bonds is 8. The monoisotopic (exact) mass is 375 g/mol. The first-order valence-electron chi connectivity index (χ1n) is 9.39. The lowest BCUT2D eigenvalue weighted by Crippen LogP contribution is -2.42. The molecule has 0 radical (unpaired) electrons. The topological polar surface area (TPSA) is 47.6 Å². The first-order valence-corrected chi connectivity index (χ1v) is 9.39. The fourth-order valence-corrected chi connectivity index (χ4v) is 3.18. The first-order chi connectivity index (χ1) is 13.7. The average Bonchev–Trinajstić information content (AvgIpc) is 2.76. The molecule has 0 saturated carbocycles. The summed E-state index contributed by atoms with van der Waals surface area (Å²) in [6.45, 7) is 2.41. The lowest BCUT2D eigenvalue weighted by atomic mass is 9.90. The number of ether oxygens (including phenoxy) is 2. The molecule has 1 unspecified atom stereocenters. The lowest BCUT2D eigenvalue weighted by molar-refractivity contribution is -0.0164. The summed E-state index contributed by atoms with van der Waals surface area (Å²) >= 11 is 0. The van der Waals surface area contributed by atoms with E-state index < -0.39 is 5.60 Å². The summed E-state index contributed by atoms with van der Waals surface area (Å²) < 4.78 is 11.7. The van der Waals surface area contributed by atoms with Gasteiger partial charge in [0.05, 0.1) is 12.1 Å². The Morgan fingerprint density at radius 2 is 1.50 bits per heavy atom. The lowest BCUT2D eigenvalue weighted by Gasteiger charge is -2.32. The van der Waals surface area contributed by atoms with E-state index in [1.165, 1.54) is 0 Å². The van der Waals surface area contributed by atoms with E-state index in [1.54, 1.807) is 19.2 Å². The maximum Gasteiger partial charge on any atom is 0.255 e. The standard InChI is InChI=1S/C24H25NO3/c1-3-24(27-2,19-12-6-4-7-13-19)18-25-23(26)21-16-10-11-17-22(21)28-20-14-8-5-9-15-20/h4-17H,3,18H2,1-2H3,(H,25,26). The molecular formula is C24H25NO3. The van der Waals surface area contributed by atoms with Crippen molar-refractivity contribution in [1.29, 1.82) is 0 Å². The summed E-state index contributed by atoms with van der Waals surface area (Å²) in [6.07, 6.45) is 0.732. The Kier molecular flexibility index (Phi) is 6.45. The number of nitrogens with one attached hydrogen (secondary N) is 1. The van der Waals surface area contributed by atoms with E-state index >= 15 is 0 Å². The summed E-state index contributed by atoms with van der Waals surface area (Å²) in [5, 5.41) is 3.02. The molecule has 0 aliphatic carbocycles. The molecule has 3 rings (SSSR count). The van der Waals surface area contributed by atoms with E-state index in [4.69, 9.17) is 9.47 Å². The van der Waals surface area contributed by atoms with Crippen LogP contribution in [0.4, 0.5) is 0 Å². The Bertz CT molecular complexity index is 890. The zero-order valence-corrected chi connectivity index (χ0v) is 16.2. The predicted octanol–water partition coefficient (Wildman–Crippen LogP) is 5.16. The van der Waals surface area contributed by atoms with E-state index in [9.17, 15) is 4.79 Å². The van der Waals surface area contributed by atoms with Gasteiger partial charge in [-0.3, -0.25) is 4.79 Å². The van der Waals surface area contributed by atoms with Crippen molar-refractivity contribution in [2.24, 2.45) is 0 Å². The SMILES string of the molecule is CCC(CNC(=O)c1ccccc1Oc1ccccc1)(OC)c1ccccc1. The summed E-state index contributed by atoms with van der Waals surface area (Å²) in [7, 11) is 1.68. The molecule has 28 heavy (non-hydrogen) atoms. The van der Waals surface area contributed by atoms with E-state index in [0.29, 0.717) is 23.6 Å². The molecule has 0 aliphatic heterocycles.